The van der Waals surface area contributed by atoms with Crippen molar-refractivity contribution in [2.45, 2.75) is 33.6 Å². The first-order chi connectivity index (χ1) is 5.76. The van der Waals surface area contributed by atoms with Crippen LogP contribution in [0.2, 0.25) is 0 Å². The van der Waals surface area contributed by atoms with Crippen molar-refractivity contribution in [3.8, 4) is 0 Å². The summed E-state index contributed by atoms with van der Waals surface area (Å²) in [5.74, 6) is 1.42. The highest BCUT2D eigenvalue weighted by atomic mass is 16.5. The van der Waals surface area contributed by atoms with E-state index in [9.17, 15) is 0 Å². The van der Waals surface area contributed by atoms with Crippen molar-refractivity contribution in [1.82, 2.24) is 0 Å². The summed E-state index contributed by atoms with van der Waals surface area (Å²) in [7, 11) is 0. The molecular formula is C11H20O. The van der Waals surface area contributed by atoms with Crippen LogP contribution in [-0.4, -0.2) is 6.61 Å². The van der Waals surface area contributed by atoms with Crippen molar-refractivity contribution in [3.05, 3.63) is 24.5 Å². The molecule has 0 saturated carbocycles. The van der Waals surface area contributed by atoms with Crippen LogP contribution in [0.1, 0.15) is 33.6 Å². The highest BCUT2D eigenvalue weighted by Crippen LogP contribution is 2.18. The SMILES string of the molecule is C=C(OCC)C(CC)C/C=C/C. The van der Waals surface area contributed by atoms with Gasteiger partial charge in [0.2, 0.25) is 0 Å². The van der Waals surface area contributed by atoms with Gasteiger partial charge < -0.3 is 4.74 Å². The molecule has 0 fully saturated rings. The molecule has 70 valence electrons. The van der Waals surface area contributed by atoms with Gasteiger partial charge in [0.15, 0.2) is 0 Å². The lowest BCUT2D eigenvalue weighted by Gasteiger charge is -2.15. The molecule has 0 aliphatic rings. The Balaban J connectivity index is 3.87. The van der Waals surface area contributed by atoms with Crippen LogP contribution >= 0.6 is 0 Å². The molecular weight excluding hydrogens is 148 g/mol. The standard InChI is InChI=1S/C11H20O/c1-5-8-9-11(6-2)10(4)12-7-3/h5,8,11H,4,6-7,9H2,1-3H3/b8-5+. The second-order valence-corrected chi connectivity index (χ2v) is 2.81. The van der Waals surface area contributed by atoms with E-state index in [4.69, 9.17) is 4.74 Å². The first-order valence-electron chi connectivity index (χ1n) is 4.68. The number of rotatable bonds is 6. The van der Waals surface area contributed by atoms with Gasteiger partial charge in [-0.25, -0.2) is 0 Å². The molecule has 0 aliphatic carbocycles. The predicted molar refractivity (Wildman–Crippen MR) is 54.0 cm³/mol. The minimum absolute atomic E-state index is 0.487. The summed E-state index contributed by atoms with van der Waals surface area (Å²) in [6.45, 7) is 10.8. The summed E-state index contributed by atoms with van der Waals surface area (Å²) in [6.07, 6.45) is 6.38. The summed E-state index contributed by atoms with van der Waals surface area (Å²) < 4.78 is 5.36. The van der Waals surface area contributed by atoms with Gasteiger partial charge in [0, 0.05) is 5.92 Å². The highest BCUT2D eigenvalue weighted by Gasteiger charge is 2.08. The third kappa shape index (κ3) is 4.22. The van der Waals surface area contributed by atoms with Gasteiger partial charge in [-0.3, -0.25) is 0 Å². The van der Waals surface area contributed by atoms with Crippen molar-refractivity contribution in [3.63, 3.8) is 0 Å². The Morgan fingerprint density at radius 3 is 2.58 bits per heavy atom. The molecule has 0 spiro atoms. The molecule has 1 atom stereocenters. The fourth-order valence-corrected chi connectivity index (χ4v) is 1.13. The Morgan fingerprint density at radius 2 is 2.17 bits per heavy atom. The average Bonchev–Trinajstić information content (AvgIpc) is 2.06. The van der Waals surface area contributed by atoms with Crippen LogP contribution in [0, 0.1) is 5.92 Å². The highest BCUT2D eigenvalue weighted by molar-refractivity contribution is 4.95. The number of hydrogen-bond acceptors (Lipinski definition) is 1. The zero-order valence-electron chi connectivity index (χ0n) is 8.47. The van der Waals surface area contributed by atoms with E-state index in [2.05, 4.69) is 25.7 Å². The van der Waals surface area contributed by atoms with Gasteiger partial charge in [-0.2, -0.15) is 0 Å². The molecule has 0 rings (SSSR count). The van der Waals surface area contributed by atoms with E-state index in [1.54, 1.807) is 0 Å². The van der Waals surface area contributed by atoms with Crippen LogP contribution < -0.4 is 0 Å². The first-order valence-corrected chi connectivity index (χ1v) is 4.68. The molecule has 1 heteroatoms. The minimum Gasteiger partial charge on any atom is -0.499 e. The molecule has 0 saturated heterocycles. The van der Waals surface area contributed by atoms with E-state index >= 15 is 0 Å². The monoisotopic (exact) mass is 168 g/mol. The molecule has 0 amide bonds. The van der Waals surface area contributed by atoms with Crippen molar-refractivity contribution < 1.29 is 4.74 Å². The molecule has 1 unspecified atom stereocenters. The number of ether oxygens (including phenoxy) is 1. The van der Waals surface area contributed by atoms with Gasteiger partial charge in [0.1, 0.15) is 0 Å². The quantitative estimate of drug-likeness (QED) is 0.435. The molecule has 0 bridgehead atoms. The lowest BCUT2D eigenvalue weighted by Crippen LogP contribution is -2.04. The van der Waals surface area contributed by atoms with Crippen LogP contribution in [0.25, 0.3) is 0 Å². The predicted octanol–water partition coefficient (Wildman–Crippen LogP) is 3.53. The summed E-state index contributed by atoms with van der Waals surface area (Å²) in [5, 5.41) is 0. The van der Waals surface area contributed by atoms with E-state index in [-0.39, 0.29) is 0 Å². The van der Waals surface area contributed by atoms with Crippen molar-refractivity contribution in [2.24, 2.45) is 5.92 Å². The number of allylic oxidation sites excluding steroid dienone is 3. The first kappa shape index (κ1) is 11.3. The second kappa shape index (κ2) is 6.96. The normalized spacial score (nSPS) is 13.2. The minimum atomic E-state index is 0.487. The van der Waals surface area contributed by atoms with Gasteiger partial charge in [0.05, 0.1) is 12.4 Å². The number of hydrogen-bond donors (Lipinski definition) is 0. The van der Waals surface area contributed by atoms with Gasteiger partial charge in [-0.15, -0.1) is 0 Å². The van der Waals surface area contributed by atoms with E-state index < -0.39 is 0 Å². The smallest absolute Gasteiger partial charge is 0.0921 e. The third-order valence-corrected chi connectivity index (χ3v) is 1.93. The zero-order valence-corrected chi connectivity index (χ0v) is 8.47. The van der Waals surface area contributed by atoms with Crippen molar-refractivity contribution >= 4 is 0 Å². The summed E-state index contributed by atoms with van der Waals surface area (Å²) in [6, 6.07) is 0. The van der Waals surface area contributed by atoms with E-state index in [1.807, 2.05) is 13.8 Å². The molecule has 0 N–H and O–H groups in total. The summed E-state index contributed by atoms with van der Waals surface area (Å²) in [4.78, 5) is 0. The lowest BCUT2D eigenvalue weighted by molar-refractivity contribution is 0.190. The summed E-state index contributed by atoms with van der Waals surface area (Å²) >= 11 is 0. The fourth-order valence-electron chi connectivity index (χ4n) is 1.13. The van der Waals surface area contributed by atoms with Gasteiger partial charge in [0.25, 0.3) is 0 Å². The van der Waals surface area contributed by atoms with Crippen LogP contribution in [0.3, 0.4) is 0 Å². The third-order valence-electron chi connectivity index (χ3n) is 1.93. The van der Waals surface area contributed by atoms with Crippen LogP contribution in [-0.2, 0) is 4.74 Å². The van der Waals surface area contributed by atoms with Gasteiger partial charge in [-0.1, -0.05) is 25.7 Å². The maximum Gasteiger partial charge on any atom is 0.0921 e. The van der Waals surface area contributed by atoms with Crippen LogP contribution in [0.5, 0.6) is 0 Å². The molecule has 0 radical (unpaired) electrons. The Kier molecular flexibility index (Phi) is 6.54. The molecule has 0 aromatic heterocycles. The molecule has 0 heterocycles. The van der Waals surface area contributed by atoms with Crippen LogP contribution in [0.4, 0.5) is 0 Å². The topological polar surface area (TPSA) is 9.23 Å². The summed E-state index contributed by atoms with van der Waals surface area (Å²) in [5.41, 5.74) is 0. The van der Waals surface area contributed by atoms with Crippen molar-refractivity contribution in [1.29, 1.82) is 0 Å². The lowest BCUT2D eigenvalue weighted by atomic mass is 10.0. The van der Waals surface area contributed by atoms with Crippen LogP contribution in [0.15, 0.2) is 24.5 Å². The van der Waals surface area contributed by atoms with Gasteiger partial charge >= 0.3 is 0 Å². The van der Waals surface area contributed by atoms with Crippen molar-refractivity contribution in [2.75, 3.05) is 6.61 Å². The van der Waals surface area contributed by atoms with Gasteiger partial charge in [-0.05, 0) is 26.7 Å². The molecule has 0 aliphatic heterocycles. The zero-order chi connectivity index (χ0) is 9.40. The Morgan fingerprint density at radius 1 is 1.50 bits per heavy atom. The molecule has 0 aromatic carbocycles. The Hall–Kier alpha value is -0.720. The Bertz CT molecular complexity index is 147. The maximum absolute atomic E-state index is 5.36. The largest absolute Gasteiger partial charge is 0.499 e. The van der Waals surface area contributed by atoms with E-state index in [0.29, 0.717) is 5.92 Å². The average molecular weight is 168 g/mol. The Labute approximate surface area is 76.1 Å². The second-order valence-electron chi connectivity index (χ2n) is 2.81. The molecule has 12 heavy (non-hydrogen) atoms. The fraction of sp³-hybridized carbons (Fsp3) is 0.636. The maximum atomic E-state index is 5.36. The van der Waals surface area contributed by atoms with E-state index in [1.165, 1.54) is 0 Å². The van der Waals surface area contributed by atoms with E-state index in [0.717, 1.165) is 25.2 Å². The molecule has 1 nitrogen and oxygen atoms in total. The molecule has 0 aromatic rings.